The molecule has 0 aliphatic rings. The summed E-state index contributed by atoms with van der Waals surface area (Å²) < 4.78 is 16.7. The van der Waals surface area contributed by atoms with Crippen LogP contribution in [-0.2, 0) is 22.1 Å². The Morgan fingerprint density at radius 2 is 2.18 bits per heavy atom. The van der Waals surface area contributed by atoms with E-state index in [1.807, 2.05) is 17.0 Å². The number of hydrogen-bond donors (Lipinski definition) is 1. The van der Waals surface area contributed by atoms with Gasteiger partial charge in [0, 0.05) is 19.5 Å². The van der Waals surface area contributed by atoms with E-state index in [-0.39, 0.29) is 6.61 Å². The van der Waals surface area contributed by atoms with Gasteiger partial charge in [-0.1, -0.05) is 11.3 Å². The van der Waals surface area contributed by atoms with Gasteiger partial charge >= 0.3 is 0 Å². The highest BCUT2D eigenvalue weighted by Crippen LogP contribution is 2.25. The number of phosphoric ester groups is 1. The van der Waals surface area contributed by atoms with E-state index in [9.17, 15) is 14.4 Å². The Morgan fingerprint density at radius 1 is 1.45 bits per heavy atom. The average Bonchev–Trinajstić information content (AvgIpc) is 2.73. The molecule has 0 spiro atoms. The minimum Gasteiger partial charge on any atom is -0.790 e. The zero-order chi connectivity index (χ0) is 16.3. The minimum atomic E-state index is -4.91. The molecule has 2 aromatic heterocycles. The lowest BCUT2D eigenvalue weighted by atomic mass is 10.2. The Hall–Kier alpha value is -1.38. The lowest BCUT2D eigenvalue weighted by Crippen LogP contribution is -2.35. The van der Waals surface area contributed by atoms with Crippen LogP contribution < -0.4 is 20.1 Å². The standard InChI is InChI=1S/C12H17N4O4PS/c1-8-11(3-4-20-21(17,18)19)22-7-16(8)6-10-5-14-9(2)15-12(10)13/h5,7H,3-4,6H2,1-2H3,(H3-,13,14,15,17,18,19)/p-1. The summed E-state index contributed by atoms with van der Waals surface area (Å²) in [4.78, 5) is 30.1. The first-order valence-corrected chi connectivity index (χ1v) is 8.81. The van der Waals surface area contributed by atoms with Crippen molar-refractivity contribution in [3.8, 4) is 0 Å². The van der Waals surface area contributed by atoms with Crippen molar-refractivity contribution in [1.82, 2.24) is 9.97 Å². The van der Waals surface area contributed by atoms with Crippen molar-refractivity contribution in [1.29, 1.82) is 0 Å². The molecular formula is C12H16N4O4PS-. The van der Waals surface area contributed by atoms with Crippen LogP contribution >= 0.6 is 19.2 Å². The van der Waals surface area contributed by atoms with E-state index in [0.717, 1.165) is 16.1 Å². The average molecular weight is 343 g/mol. The van der Waals surface area contributed by atoms with E-state index >= 15 is 0 Å². The van der Waals surface area contributed by atoms with Crippen molar-refractivity contribution >= 4 is 25.0 Å². The molecule has 2 aromatic rings. The summed E-state index contributed by atoms with van der Waals surface area (Å²) in [5.74, 6) is 1.06. The first kappa shape index (κ1) is 17.0. The monoisotopic (exact) mass is 343 g/mol. The summed E-state index contributed by atoms with van der Waals surface area (Å²) in [6.45, 7) is 4.05. The van der Waals surface area contributed by atoms with Crippen LogP contribution in [0.2, 0.25) is 0 Å². The molecule has 22 heavy (non-hydrogen) atoms. The molecule has 0 aliphatic heterocycles. The predicted octanol–water partition coefficient (Wildman–Crippen LogP) is -0.539. The lowest BCUT2D eigenvalue weighted by molar-refractivity contribution is -0.689. The molecule has 2 rings (SSSR count). The van der Waals surface area contributed by atoms with Crippen LogP contribution in [0.5, 0.6) is 0 Å². The summed E-state index contributed by atoms with van der Waals surface area (Å²) in [5.41, 5.74) is 9.54. The highest BCUT2D eigenvalue weighted by atomic mass is 32.1. The smallest absolute Gasteiger partial charge is 0.225 e. The van der Waals surface area contributed by atoms with Gasteiger partial charge in [-0.2, -0.15) is 4.57 Å². The highest BCUT2D eigenvalue weighted by molar-refractivity contribution is 7.43. The van der Waals surface area contributed by atoms with Gasteiger partial charge in [0.25, 0.3) is 0 Å². The van der Waals surface area contributed by atoms with E-state index in [1.54, 1.807) is 13.1 Å². The van der Waals surface area contributed by atoms with E-state index in [4.69, 9.17) is 5.73 Å². The predicted molar refractivity (Wildman–Crippen MR) is 76.8 cm³/mol. The number of thiazole rings is 1. The summed E-state index contributed by atoms with van der Waals surface area (Å²) in [5, 5.41) is 0. The fourth-order valence-electron chi connectivity index (χ4n) is 1.92. The summed E-state index contributed by atoms with van der Waals surface area (Å²) in [7, 11) is -4.91. The number of nitrogens with zero attached hydrogens (tertiary/aromatic N) is 3. The van der Waals surface area contributed by atoms with Gasteiger partial charge in [0.1, 0.15) is 11.6 Å². The third-order valence-electron chi connectivity index (χ3n) is 3.09. The highest BCUT2D eigenvalue weighted by Gasteiger charge is 2.17. The maximum atomic E-state index is 10.4. The van der Waals surface area contributed by atoms with Crippen molar-refractivity contribution in [3.63, 3.8) is 0 Å². The topological polar surface area (TPSA) is 128 Å². The van der Waals surface area contributed by atoms with Crippen LogP contribution in [0.3, 0.4) is 0 Å². The maximum absolute atomic E-state index is 10.4. The molecule has 0 saturated carbocycles. The van der Waals surface area contributed by atoms with E-state index < -0.39 is 7.82 Å². The van der Waals surface area contributed by atoms with Gasteiger partial charge in [-0.05, 0) is 6.92 Å². The van der Waals surface area contributed by atoms with Gasteiger partial charge in [-0.25, -0.2) is 9.97 Å². The molecule has 2 heterocycles. The molecule has 2 N–H and O–H groups in total. The van der Waals surface area contributed by atoms with E-state index in [0.29, 0.717) is 24.6 Å². The van der Waals surface area contributed by atoms with Gasteiger partial charge in [0.15, 0.2) is 12.2 Å². The molecule has 0 fully saturated rings. The number of nitrogen functional groups attached to an aromatic ring is 1. The second kappa shape index (κ2) is 6.80. The summed E-state index contributed by atoms with van der Waals surface area (Å²) in [6, 6.07) is 0. The number of aromatic nitrogens is 3. The molecule has 0 saturated heterocycles. The van der Waals surface area contributed by atoms with Gasteiger partial charge < -0.3 is 24.6 Å². The van der Waals surface area contributed by atoms with Crippen molar-refractivity contribution < 1.29 is 23.4 Å². The molecule has 0 aromatic carbocycles. The van der Waals surface area contributed by atoms with Crippen LogP contribution in [0.4, 0.5) is 5.82 Å². The Bertz CT molecular complexity index is 715. The van der Waals surface area contributed by atoms with Crippen LogP contribution in [0.15, 0.2) is 11.7 Å². The van der Waals surface area contributed by atoms with Crippen LogP contribution in [0, 0.1) is 13.8 Å². The Balaban J connectivity index is 2.06. The Labute approximate surface area is 131 Å². The van der Waals surface area contributed by atoms with Crippen molar-refractivity contribution in [2.45, 2.75) is 26.8 Å². The first-order valence-electron chi connectivity index (χ1n) is 6.47. The van der Waals surface area contributed by atoms with Gasteiger partial charge in [0.05, 0.1) is 24.9 Å². The van der Waals surface area contributed by atoms with Crippen molar-refractivity contribution in [2.75, 3.05) is 12.3 Å². The van der Waals surface area contributed by atoms with Gasteiger partial charge in [-0.15, -0.1) is 0 Å². The number of phosphoric acid groups is 1. The molecule has 0 amide bonds. The SMILES string of the molecule is Cc1ncc(C[n+]2csc(CCOP(=O)([O-])[O-])c2C)c(N)n1. The summed E-state index contributed by atoms with van der Waals surface area (Å²) >= 11 is 1.46. The molecule has 0 radical (unpaired) electrons. The number of nitrogens with two attached hydrogens (primary N) is 1. The first-order chi connectivity index (χ1) is 10.3. The molecule has 8 nitrogen and oxygen atoms in total. The molecule has 0 unspecified atom stereocenters. The van der Waals surface area contributed by atoms with Crippen molar-refractivity contribution in [2.24, 2.45) is 0 Å². The Morgan fingerprint density at radius 3 is 2.82 bits per heavy atom. The molecule has 10 heteroatoms. The molecular weight excluding hydrogens is 327 g/mol. The molecule has 0 aliphatic carbocycles. The molecule has 0 atom stereocenters. The normalized spacial score (nSPS) is 11.8. The fourth-order valence-corrected chi connectivity index (χ4v) is 3.21. The zero-order valence-corrected chi connectivity index (χ0v) is 13.9. The number of rotatable bonds is 6. The zero-order valence-electron chi connectivity index (χ0n) is 12.2. The van der Waals surface area contributed by atoms with Gasteiger partial charge in [-0.3, -0.25) is 0 Å². The Kier molecular flexibility index (Phi) is 5.25. The molecule has 120 valence electrons. The van der Waals surface area contributed by atoms with E-state index in [2.05, 4.69) is 14.5 Å². The van der Waals surface area contributed by atoms with Crippen molar-refractivity contribution in [3.05, 3.63) is 33.7 Å². The number of hydrogen-bond acceptors (Lipinski definition) is 8. The van der Waals surface area contributed by atoms with E-state index in [1.165, 1.54) is 11.3 Å². The third kappa shape index (κ3) is 4.56. The maximum Gasteiger partial charge on any atom is 0.225 e. The molecule has 0 bridgehead atoms. The van der Waals surface area contributed by atoms with Crippen LogP contribution in [0.1, 0.15) is 22.0 Å². The second-order valence-electron chi connectivity index (χ2n) is 4.72. The quantitative estimate of drug-likeness (QED) is 0.551. The number of anilines is 1. The fraction of sp³-hybridized carbons (Fsp3) is 0.417. The lowest BCUT2D eigenvalue weighted by Gasteiger charge is -2.28. The van der Waals surface area contributed by atoms with Crippen LogP contribution in [-0.4, -0.2) is 16.6 Å². The number of aryl methyl sites for hydroxylation is 1. The third-order valence-corrected chi connectivity index (χ3v) is 4.74. The van der Waals surface area contributed by atoms with Gasteiger partial charge in [0.2, 0.25) is 5.51 Å². The summed E-state index contributed by atoms with van der Waals surface area (Å²) in [6.07, 6.45) is 2.05. The van der Waals surface area contributed by atoms with Crippen LogP contribution in [0.25, 0.3) is 0 Å². The second-order valence-corrected chi connectivity index (χ2v) is 6.81. The minimum absolute atomic E-state index is 0.151. The largest absolute Gasteiger partial charge is 0.790 e.